The Hall–Kier alpha value is -2.90. The summed E-state index contributed by atoms with van der Waals surface area (Å²) in [5, 5.41) is 26.1. The minimum atomic E-state index is -4.67. The maximum absolute atomic E-state index is 13.9. The van der Waals surface area contributed by atoms with Crippen LogP contribution in [0.3, 0.4) is 0 Å². The minimum Gasteiger partial charge on any atom is -0.394 e. The average Bonchev–Trinajstić information content (AvgIpc) is 3.53. The SMILES string of the molecule is O=C1S/C(=C(/Cc2ccc(Cl)cc2C(F)(F)F)c2ccc3[nH]ncc3c2)C(=O)N1CCN1CCC(C(O)CO)CC1. The van der Waals surface area contributed by atoms with Crippen LogP contribution >= 0.6 is 23.4 Å². The lowest BCUT2D eigenvalue weighted by Crippen LogP contribution is -2.43. The van der Waals surface area contributed by atoms with Crippen LogP contribution in [0.1, 0.15) is 29.5 Å². The second kappa shape index (κ2) is 12.1. The van der Waals surface area contributed by atoms with Crippen LogP contribution < -0.4 is 0 Å². The van der Waals surface area contributed by atoms with E-state index in [9.17, 15) is 33.0 Å². The molecule has 2 aliphatic rings. The number of hydrogen-bond donors (Lipinski definition) is 3. The molecular weight excluding hydrogens is 581 g/mol. The number of halogens is 4. The first-order valence-electron chi connectivity index (χ1n) is 13.1. The fraction of sp³-hybridized carbons (Fsp3) is 0.393. The first-order chi connectivity index (χ1) is 19.5. The van der Waals surface area contributed by atoms with E-state index >= 15 is 0 Å². The zero-order valence-electron chi connectivity index (χ0n) is 21.8. The van der Waals surface area contributed by atoms with E-state index in [-0.39, 0.29) is 41.0 Å². The van der Waals surface area contributed by atoms with Gasteiger partial charge in [0, 0.05) is 23.5 Å². The monoisotopic (exact) mass is 608 g/mol. The molecule has 1 unspecified atom stereocenters. The Labute approximate surface area is 243 Å². The molecule has 0 aliphatic carbocycles. The Morgan fingerprint density at radius 1 is 1.15 bits per heavy atom. The number of piperidine rings is 1. The van der Waals surface area contributed by atoms with Crippen LogP contribution in [0.15, 0.2) is 47.5 Å². The van der Waals surface area contributed by atoms with Gasteiger partial charge in [0.1, 0.15) is 0 Å². The molecule has 1 atom stereocenters. The van der Waals surface area contributed by atoms with Crippen LogP contribution in [-0.4, -0.2) is 80.2 Å². The van der Waals surface area contributed by atoms with Crippen LogP contribution in [0.4, 0.5) is 18.0 Å². The van der Waals surface area contributed by atoms with E-state index in [1.807, 2.05) is 0 Å². The van der Waals surface area contributed by atoms with E-state index in [2.05, 4.69) is 15.1 Å². The van der Waals surface area contributed by atoms with Gasteiger partial charge in [0.05, 0.1) is 34.9 Å². The molecule has 218 valence electrons. The van der Waals surface area contributed by atoms with Gasteiger partial charge in [-0.15, -0.1) is 0 Å². The number of fused-ring (bicyclic) bond motifs is 1. The molecule has 0 bridgehead atoms. The number of nitrogens with zero attached hydrogens (tertiary/aromatic N) is 3. The summed E-state index contributed by atoms with van der Waals surface area (Å²) >= 11 is 6.62. The fourth-order valence-electron chi connectivity index (χ4n) is 5.33. The first kappa shape index (κ1) is 29.6. The number of aliphatic hydroxyl groups excluding tert-OH is 2. The molecule has 2 aliphatic heterocycles. The van der Waals surface area contributed by atoms with Crippen molar-refractivity contribution < 1.29 is 33.0 Å². The number of aromatic amines is 1. The second-order valence-electron chi connectivity index (χ2n) is 10.2. The Morgan fingerprint density at radius 3 is 2.61 bits per heavy atom. The summed E-state index contributed by atoms with van der Waals surface area (Å²) in [6.45, 7) is 1.58. The number of aliphatic hydroxyl groups is 2. The number of aromatic nitrogens is 2. The molecule has 3 aromatic rings. The van der Waals surface area contributed by atoms with Gasteiger partial charge in [-0.05, 0) is 91.0 Å². The first-order valence-corrected chi connectivity index (χ1v) is 14.3. The van der Waals surface area contributed by atoms with E-state index < -0.39 is 29.0 Å². The highest BCUT2D eigenvalue weighted by atomic mass is 35.5. The van der Waals surface area contributed by atoms with Crippen LogP contribution in [0.5, 0.6) is 0 Å². The molecule has 0 spiro atoms. The normalized spacial score (nSPS) is 19.4. The highest BCUT2D eigenvalue weighted by Crippen LogP contribution is 2.41. The topological polar surface area (TPSA) is 110 Å². The van der Waals surface area contributed by atoms with Crippen molar-refractivity contribution in [1.82, 2.24) is 20.0 Å². The number of likely N-dealkylation sites (tertiary alicyclic amines) is 1. The largest absolute Gasteiger partial charge is 0.416 e. The molecule has 3 heterocycles. The minimum absolute atomic E-state index is 0.000901. The summed E-state index contributed by atoms with van der Waals surface area (Å²) < 4.78 is 41.8. The van der Waals surface area contributed by atoms with Crippen molar-refractivity contribution in [3.63, 3.8) is 0 Å². The molecule has 8 nitrogen and oxygen atoms in total. The third kappa shape index (κ3) is 6.46. The molecular formula is C28H28ClF3N4O4S. The van der Waals surface area contributed by atoms with Crippen molar-refractivity contribution in [1.29, 1.82) is 0 Å². The number of imide groups is 1. The van der Waals surface area contributed by atoms with Crippen LogP contribution in [0.2, 0.25) is 5.02 Å². The average molecular weight is 609 g/mol. The smallest absolute Gasteiger partial charge is 0.394 e. The summed E-state index contributed by atoms with van der Waals surface area (Å²) in [6, 6.07) is 8.68. The Balaban J connectivity index is 1.43. The predicted octanol–water partition coefficient (Wildman–Crippen LogP) is 4.95. The summed E-state index contributed by atoms with van der Waals surface area (Å²) in [6.07, 6.45) is -2.72. The van der Waals surface area contributed by atoms with E-state index in [0.29, 0.717) is 49.0 Å². The Bertz CT molecular complexity index is 1490. The molecule has 0 radical (unpaired) electrons. The maximum atomic E-state index is 13.9. The van der Waals surface area contributed by atoms with Crippen LogP contribution in [0, 0.1) is 5.92 Å². The molecule has 2 saturated heterocycles. The van der Waals surface area contributed by atoms with Gasteiger partial charge in [0.15, 0.2) is 0 Å². The van der Waals surface area contributed by atoms with E-state index in [4.69, 9.17) is 11.6 Å². The van der Waals surface area contributed by atoms with Gasteiger partial charge in [-0.3, -0.25) is 19.6 Å². The zero-order valence-corrected chi connectivity index (χ0v) is 23.4. The summed E-state index contributed by atoms with van der Waals surface area (Å²) in [5.41, 5.74) is 0.575. The van der Waals surface area contributed by atoms with Gasteiger partial charge in [0.2, 0.25) is 0 Å². The zero-order chi connectivity index (χ0) is 29.3. The highest BCUT2D eigenvalue weighted by Gasteiger charge is 2.39. The van der Waals surface area contributed by atoms with E-state index in [1.165, 1.54) is 12.1 Å². The third-order valence-corrected chi connectivity index (χ3v) is 8.91. The van der Waals surface area contributed by atoms with Crippen molar-refractivity contribution >= 4 is 51.0 Å². The number of alkyl halides is 3. The Kier molecular flexibility index (Phi) is 8.76. The fourth-order valence-corrected chi connectivity index (χ4v) is 6.47. The lowest BCUT2D eigenvalue weighted by Gasteiger charge is -2.34. The summed E-state index contributed by atoms with van der Waals surface area (Å²) in [7, 11) is 0. The molecule has 5 rings (SSSR count). The van der Waals surface area contributed by atoms with Gasteiger partial charge in [0.25, 0.3) is 11.1 Å². The molecule has 3 N–H and O–H groups in total. The van der Waals surface area contributed by atoms with Crippen molar-refractivity contribution in [2.24, 2.45) is 5.92 Å². The van der Waals surface area contributed by atoms with Crippen molar-refractivity contribution in [3.05, 3.63) is 69.2 Å². The number of thioether (sulfide) groups is 1. The third-order valence-electron chi connectivity index (χ3n) is 7.66. The lowest BCUT2D eigenvalue weighted by atomic mass is 9.91. The molecule has 1 aromatic heterocycles. The number of nitrogens with one attached hydrogen (secondary N) is 1. The number of amides is 2. The number of H-pyrrole nitrogens is 1. The van der Waals surface area contributed by atoms with E-state index in [1.54, 1.807) is 24.4 Å². The maximum Gasteiger partial charge on any atom is 0.416 e. The molecule has 2 aromatic carbocycles. The summed E-state index contributed by atoms with van der Waals surface area (Å²) in [5.74, 6) is -0.545. The van der Waals surface area contributed by atoms with Gasteiger partial charge in [-0.2, -0.15) is 18.3 Å². The number of hydrogen-bond acceptors (Lipinski definition) is 7. The van der Waals surface area contributed by atoms with Crippen LogP contribution in [-0.2, 0) is 17.4 Å². The molecule has 2 fully saturated rings. The number of rotatable bonds is 8. The Morgan fingerprint density at radius 2 is 1.90 bits per heavy atom. The molecule has 2 amide bonds. The number of allylic oxidation sites excluding steroid dienone is 1. The standard InChI is InChI=1S/C28H28ClF3N4O4S/c29-20-3-1-18(22(13-20)28(30,31)32)12-21(17-2-4-23-19(11-17)14-33-34-23)25-26(39)36(27(40)41-25)10-9-35-7-5-16(6-8-35)24(38)15-37/h1-4,11,13-14,16,24,37-38H,5-10,12,15H2,(H,33,34)/b25-21-. The molecule has 41 heavy (non-hydrogen) atoms. The quantitative estimate of drug-likeness (QED) is 0.311. The lowest BCUT2D eigenvalue weighted by molar-refractivity contribution is -0.138. The number of benzene rings is 2. The molecule has 0 saturated carbocycles. The van der Waals surface area contributed by atoms with E-state index in [0.717, 1.165) is 28.2 Å². The number of carbonyl (C=O) groups excluding carboxylic acids is 2. The molecule has 13 heteroatoms. The van der Waals surface area contributed by atoms with Crippen LogP contribution in [0.25, 0.3) is 16.5 Å². The van der Waals surface area contributed by atoms with Gasteiger partial charge < -0.3 is 15.1 Å². The van der Waals surface area contributed by atoms with Crippen molar-refractivity contribution in [2.45, 2.75) is 31.5 Å². The summed E-state index contributed by atoms with van der Waals surface area (Å²) in [4.78, 5) is 29.9. The number of carbonyl (C=O) groups is 2. The highest BCUT2D eigenvalue weighted by molar-refractivity contribution is 8.18. The van der Waals surface area contributed by atoms with Crippen molar-refractivity contribution in [3.8, 4) is 0 Å². The van der Waals surface area contributed by atoms with Crippen molar-refractivity contribution in [2.75, 3.05) is 32.8 Å². The second-order valence-corrected chi connectivity index (χ2v) is 11.6. The van der Waals surface area contributed by atoms with Gasteiger partial charge >= 0.3 is 6.18 Å². The van der Waals surface area contributed by atoms with Gasteiger partial charge in [-0.25, -0.2) is 0 Å². The predicted molar refractivity (Wildman–Crippen MR) is 150 cm³/mol. The van der Waals surface area contributed by atoms with Gasteiger partial charge in [-0.1, -0.05) is 23.7 Å².